The molecule has 1 aromatic rings. The molecule has 51 heavy (non-hydrogen) atoms. The van der Waals surface area contributed by atoms with Crippen molar-refractivity contribution in [2.75, 3.05) is 0 Å². The van der Waals surface area contributed by atoms with Crippen LogP contribution in [0.5, 0.6) is 0 Å². The summed E-state index contributed by atoms with van der Waals surface area (Å²) in [7, 11) is 0. The zero-order valence-corrected chi connectivity index (χ0v) is 24.9. The Balaban J connectivity index is 3.71. The second kappa shape index (κ2) is 15.4. The normalized spacial score (nSPS) is 15.9. The quantitative estimate of drug-likeness (QED) is 0.0471. The Morgan fingerprint density at radius 2 is 1.14 bits per heavy atom. The molecule has 0 bridgehead atoms. The highest BCUT2D eigenvalue weighted by molar-refractivity contribution is 5.97. The van der Waals surface area contributed by atoms with E-state index in [2.05, 4.69) is 33.7 Å². The number of aromatic nitrogens is 1. The molecule has 7 N–H and O–H groups in total. The van der Waals surface area contributed by atoms with E-state index in [0.717, 1.165) is 12.4 Å². The predicted molar refractivity (Wildman–Crippen MR) is 132 cm³/mol. The molecular weight excluding hydrogens is 741 g/mol. The fourth-order valence-electron chi connectivity index (χ4n) is 2.87. The number of halogens is 9. The Kier molecular flexibility index (Phi) is 13.0. The summed E-state index contributed by atoms with van der Waals surface area (Å²) in [6.45, 7) is 0.217. The van der Waals surface area contributed by atoms with Gasteiger partial charge in [0.15, 0.2) is 0 Å². The average Bonchev–Trinajstić information content (AvgIpc) is 2.96. The summed E-state index contributed by atoms with van der Waals surface area (Å²) >= 11 is 0. The van der Waals surface area contributed by atoms with E-state index >= 15 is 0 Å². The molecule has 0 aliphatic carbocycles. The molecule has 19 nitrogen and oxygen atoms in total. The molecule has 0 spiro atoms. The molecule has 1 aromatic heterocycles. The van der Waals surface area contributed by atoms with Gasteiger partial charge in [0.1, 0.15) is 0 Å². The van der Waals surface area contributed by atoms with Crippen molar-refractivity contribution in [3.05, 3.63) is 30.1 Å². The lowest BCUT2D eigenvalue weighted by Gasteiger charge is -2.35. The minimum Gasteiger partial charge on any atom is -0.441 e. The zero-order chi connectivity index (χ0) is 40.0. The molecule has 28 heteroatoms. The van der Waals surface area contributed by atoms with Crippen molar-refractivity contribution < 1.29 is 107 Å². The second-order valence-corrected chi connectivity index (χ2v) is 9.60. The van der Waals surface area contributed by atoms with E-state index in [1.807, 2.05) is 0 Å². The van der Waals surface area contributed by atoms with Gasteiger partial charge in [-0.25, -0.2) is 38.5 Å². The number of carbonyl (C=O) groups excluding carboxylic acids is 8. The maximum atomic E-state index is 13.1. The molecule has 0 aliphatic heterocycles. The highest BCUT2D eigenvalue weighted by atomic mass is 19.4. The Labute approximate surface area is 274 Å². The lowest BCUT2D eigenvalue weighted by atomic mass is 10.1. The van der Waals surface area contributed by atoms with Gasteiger partial charge in [-0.1, -0.05) is 0 Å². The van der Waals surface area contributed by atoms with Gasteiger partial charge >= 0.3 is 60.1 Å². The molecule has 1 heterocycles. The van der Waals surface area contributed by atoms with Gasteiger partial charge in [-0.3, -0.25) is 26.0 Å². The number of nitrogens with two attached hydrogens (primary N) is 3. The Morgan fingerprint density at radius 3 is 1.59 bits per heavy atom. The molecule has 0 aromatic carbocycles. The fraction of sp³-hybridized carbons (Fsp3) is 0.435. The zero-order valence-electron chi connectivity index (χ0n) is 24.9. The first-order valence-electron chi connectivity index (χ1n) is 12.5. The average molecular weight is 761 g/mol. The molecule has 0 fully saturated rings. The summed E-state index contributed by atoms with van der Waals surface area (Å²) in [5.74, 6) is -22.0. The number of alkyl halides is 9. The second-order valence-electron chi connectivity index (χ2n) is 9.60. The summed E-state index contributed by atoms with van der Waals surface area (Å²) in [4.78, 5) is 107. The largest absolute Gasteiger partial charge is 0.495 e. The van der Waals surface area contributed by atoms with Crippen LogP contribution in [-0.2, 0) is 73.5 Å². The molecule has 1 rings (SSSR count). The van der Waals surface area contributed by atoms with Gasteiger partial charge in [-0.2, -0.15) is 39.5 Å². The first-order chi connectivity index (χ1) is 22.9. The molecule has 0 radical (unpaired) electrons. The molecular formula is C23H20F9N5O14. The summed E-state index contributed by atoms with van der Waals surface area (Å²) in [5.41, 5.74) is 3.47. The van der Waals surface area contributed by atoms with Gasteiger partial charge < -0.3 is 30.0 Å². The van der Waals surface area contributed by atoms with Crippen LogP contribution in [0.15, 0.2) is 24.5 Å². The van der Waals surface area contributed by atoms with E-state index in [0.29, 0.717) is 0 Å². The first-order valence-corrected chi connectivity index (χ1v) is 12.5. The van der Waals surface area contributed by atoms with Crippen LogP contribution in [0.4, 0.5) is 39.5 Å². The van der Waals surface area contributed by atoms with E-state index in [9.17, 15) is 77.9 Å². The summed E-state index contributed by atoms with van der Waals surface area (Å²) in [5, 5.41) is 1.45. The number of hydrogen-bond acceptors (Lipinski definition) is 17. The van der Waals surface area contributed by atoms with Gasteiger partial charge in [0.25, 0.3) is 17.4 Å². The summed E-state index contributed by atoms with van der Waals surface area (Å²) in [6, 6.07) is 2.34. The highest BCUT2D eigenvalue weighted by Gasteiger charge is 2.60. The molecule has 1 unspecified atom stereocenters. The molecule has 0 aliphatic rings. The van der Waals surface area contributed by atoms with Crippen LogP contribution in [0.3, 0.4) is 0 Å². The minimum atomic E-state index is -5.97. The highest BCUT2D eigenvalue weighted by Crippen LogP contribution is 2.27. The topological polar surface area (TPSA) is 295 Å². The van der Waals surface area contributed by atoms with Gasteiger partial charge in [0.2, 0.25) is 12.0 Å². The number of ether oxygens (including phenoxy) is 4. The van der Waals surface area contributed by atoms with Gasteiger partial charge in [-0.05, 0) is 17.7 Å². The standard InChI is InChI=1S/C23H20F9N5O14/c1-18(34,47-15(43)21(24,25)26)12(40)49-20(35,14(42)50-51-17(45)23(30,31)32)10(11(33)39)46-13(41)19(2,48-16(44)22(27,28)29)37-9(38)7-8-3-5-36-6-4-8/h3-6,10H,7,34-35H2,1-2H3,(H2,33,39)(H,37,38)/t10?,18-,19-,20-/m1/s1. The van der Waals surface area contributed by atoms with Crippen LogP contribution in [-0.4, -0.2) is 94.4 Å². The Hall–Kier alpha value is -5.80. The summed E-state index contributed by atoms with van der Waals surface area (Å²) < 4.78 is 131. The number of hydrogen-bond donors (Lipinski definition) is 4. The number of nitrogens with one attached hydrogen (secondary N) is 1. The number of rotatable bonds is 12. The van der Waals surface area contributed by atoms with Crippen molar-refractivity contribution >= 4 is 47.6 Å². The van der Waals surface area contributed by atoms with Crippen LogP contribution in [0.25, 0.3) is 0 Å². The minimum absolute atomic E-state index is 0.0514. The van der Waals surface area contributed by atoms with Crippen LogP contribution >= 0.6 is 0 Å². The number of pyridine rings is 1. The van der Waals surface area contributed by atoms with E-state index in [1.165, 1.54) is 17.4 Å². The van der Waals surface area contributed by atoms with E-state index < -0.39 is 95.9 Å². The number of carbonyl (C=O) groups is 8. The number of primary amides is 1. The van der Waals surface area contributed by atoms with Crippen molar-refractivity contribution in [1.29, 1.82) is 0 Å². The van der Waals surface area contributed by atoms with Crippen molar-refractivity contribution in [3.8, 4) is 0 Å². The number of esters is 4. The van der Waals surface area contributed by atoms with Crippen LogP contribution in [0.1, 0.15) is 19.4 Å². The third-order valence-corrected chi connectivity index (χ3v) is 5.23. The molecule has 284 valence electrons. The maximum Gasteiger partial charge on any atom is 0.495 e. The van der Waals surface area contributed by atoms with Crippen molar-refractivity contribution in [1.82, 2.24) is 10.3 Å². The predicted octanol–water partition coefficient (Wildman–Crippen LogP) is -1.50. The van der Waals surface area contributed by atoms with Crippen LogP contribution in [0, 0.1) is 0 Å². The number of amides is 2. The van der Waals surface area contributed by atoms with E-state index in [-0.39, 0.29) is 19.4 Å². The lowest BCUT2D eigenvalue weighted by molar-refractivity contribution is -0.298. The maximum absolute atomic E-state index is 13.1. The van der Waals surface area contributed by atoms with Crippen LogP contribution in [0.2, 0.25) is 0 Å². The fourth-order valence-corrected chi connectivity index (χ4v) is 2.87. The summed E-state index contributed by atoms with van der Waals surface area (Å²) in [6.07, 6.45) is -20.1. The van der Waals surface area contributed by atoms with Crippen molar-refractivity contribution in [2.24, 2.45) is 17.2 Å². The van der Waals surface area contributed by atoms with Crippen LogP contribution < -0.4 is 22.5 Å². The number of nitrogens with zero attached hydrogens (tertiary/aromatic N) is 1. The van der Waals surface area contributed by atoms with Gasteiger partial charge in [0, 0.05) is 26.2 Å². The third-order valence-electron chi connectivity index (χ3n) is 5.23. The van der Waals surface area contributed by atoms with E-state index in [4.69, 9.17) is 17.2 Å². The van der Waals surface area contributed by atoms with Gasteiger partial charge in [0.05, 0.1) is 6.42 Å². The lowest BCUT2D eigenvalue weighted by Crippen LogP contribution is -2.69. The molecule has 0 saturated heterocycles. The Morgan fingerprint density at radius 1 is 0.686 bits per heavy atom. The van der Waals surface area contributed by atoms with Gasteiger partial charge in [-0.15, -0.1) is 0 Å². The third kappa shape index (κ3) is 11.9. The first kappa shape index (κ1) is 43.2. The SMILES string of the molecule is C[C@@](N)(OC(=O)C(F)(F)F)C(=O)O[C@@](N)(C(=O)OOC(=O)C(F)(F)F)C(OC(=O)[C@](C)(NC(=O)Cc1ccncc1)OC(=O)C(F)(F)F)C(N)=O. The van der Waals surface area contributed by atoms with E-state index in [1.54, 1.807) is 0 Å². The molecule has 0 saturated carbocycles. The monoisotopic (exact) mass is 761 g/mol. The van der Waals surface area contributed by atoms with Crippen molar-refractivity contribution in [3.63, 3.8) is 0 Å². The smallest absolute Gasteiger partial charge is 0.441 e. The van der Waals surface area contributed by atoms with Crippen molar-refractivity contribution in [2.45, 2.75) is 62.1 Å². The molecule has 4 atom stereocenters. The molecule has 2 amide bonds. The Bertz CT molecular complexity index is 1550.